The molecule has 5 heterocycles. The molecule has 0 spiro atoms. The van der Waals surface area contributed by atoms with Crippen molar-refractivity contribution in [3.8, 4) is 33.3 Å². The summed E-state index contributed by atoms with van der Waals surface area (Å²) in [5.74, 6) is -1.35. The maximum atomic E-state index is 17.1. The van der Waals surface area contributed by atoms with Crippen molar-refractivity contribution in [1.82, 2.24) is 40.3 Å². The molecule has 0 aliphatic carbocycles. The summed E-state index contributed by atoms with van der Waals surface area (Å²) in [6.07, 6.45) is 3.91. The van der Waals surface area contributed by atoms with Gasteiger partial charge in [0.25, 0.3) is 0 Å². The number of nitrogens with one attached hydrogen (secondary N) is 2. The number of anilines is 1. The van der Waals surface area contributed by atoms with E-state index in [0.29, 0.717) is 114 Å². The monoisotopic (exact) mass is 1260 g/mol. The number of ether oxygens (including phenoxy) is 6. The van der Waals surface area contributed by atoms with E-state index >= 15 is 4.39 Å². The standard InChI is InChI=1S/C66H83ClFN9O11S/c1-8-56(80)75-24-26-76(27-25-75)62-52-38-53(67)57(51-37-48(78)36-47-12-9-10-13-50(47)51)58(68)59(52)72-65(73-62)88-42(2)39-74-22-19-49(20-23-74)87-35-34-85-31-30-83-28-29-84-32-33-86-40-55(79)71-61(66(5,6)7)64(82)77-21-11-14-54(77)63(81)70-43(3)45-15-17-46(18-16-45)60-44(4)69-41-89-60/h8-10,12-13,15-18,36-38,41-43,49,54,61,78H,1,11,14,19-35,39-40H2,2-7H3,(H,70,81)(H,71,79)/t42-,43+,54+,61-/m1/s1. The molecule has 3 saturated heterocycles. The van der Waals surface area contributed by atoms with Gasteiger partial charge in [0.1, 0.15) is 41.9 Å². The molecule has 6 aromatic rings. The topological polar surface area (TPSA) is 220 Å². The Morgan fingerprint density at radius 2 is 1.51 bits per heavy atom. The first-order valence-corrected chi connectivity index (χ1v) is 31.9. The number of likely N-dealkylation sites (tertiary alicyclic amines) is 2. The van der Waals surface area contributed by atoms with Crippen LogP contribution in [0.25, 0.3) is 43.2 Å². The number of halogens is 2. The highest BCUT2D eigenvalue weighted by Crippen LogP contribution is 2.43. The van der Waals surface area contributed by atoms with Crippen molar-refractivity contribution in [3.63, 3.8) is 0 Å². The highest BCUT2D eigenvalue weighted by atomic mass is 35.5. The van der Waals surface area contributed by atoms with Gasteiger partial charge in [-0.3, -0.25) is 24.1 Å². The molecule has 478 valence electrons. The van der Waals surface area contributed by atoms with E-state index in [9.17, 15) is 24.3 Å². The Morgan fingerprint density at radius 3 is 2.17 bits per heavy atom. The molecule has 20 nitrogen and oxygen atoms in total. The number of carbonyl (C=O) groups is 4. The Labute approximate surface area is 529 Å². The lowest BCUT2D eigenvalue weighted by atomic mass is 9.85. The molecule has 4 amide bonds. The molecule has 3 fully saturated rings. The molecule has 2 aromatic heterocycles. The van der Waals surface area contributed by atoms with Crippen LogP contribution in [0.1, 0.15) is 77.6 Å². The van der Waals surface area contributed by atoms with Gasteiger partial charge >= 0.3 is 6.01 Å². The fraction of sp³-hybridized carbons (Fsp3) is 0.500. The lowest BCUT2D eigenvalue weighted by Crippen LogP contribution is -2.58. The zero-order chi connectivity index (χ0) is 63.2. The van der Waals surface area contributed by atoms with Crippen LogP contribution >= 0.6 is 22.9 Å². The van der Waals surface area contributed by atoms with Gasteiger partial charge in [-0.05, 0) is 104 Å². The molecule has 0 radical (unpaired) electrons. The van der Waals surface area contributed by atoms with Gasteiger partial charge in [0.2, 0.25) is 23.6 Å². The number of phenols is 1. The first-order chi connectivity index (χ1) is 42.9. The van der Waals surface area contributed by atoms with E-state index in [1.807, 2.05) is 100 Å². The number of aromatic hydroxyl groups is 1. The Bertz CT molecular complexity index is 3410. The van der Waals surface area contributed by atoms with Crippen LogP contribution in [0.2, 0.25) is 5.02 Å². The Morgan fingerprint density at radius 1 is 0.831 bits per heavy atom. The molecule has 4 aromatic carbocycles. The third-order valence-electron chi connectivity index (χ3n) is 16.3. The normalized spacial score (nSPS) is 17.0. The van der Waals surface area contributed by atoms with Crippen LogP contribution in [0.15, 0.2) is 84.9 Å². The number of phenolic OH excluding ortho intramolecular Hbond substituents is 1. The molecule has 0 unspecified atom stereocenters. The second-order valence-electron chi connectivity index (χ2n) is 23.9. The molecule has 0 bridgehead atoms. The maximum absolute atomic E-state index is 17.1. The third kappa shape index (κ3) is 17.3. The minimum atomic E-state index is -0.866. The molecule has 9 rings (SSSR count). The number of carbonyl (C=O) groups excluding carboxylic acids is 4. The summed E-state index contributed by atoms with van der Waals surface area (Å²) < 4.78 is 52.3. The van der Waals surface area contributed by atoms with Gasteiger partial charge in [0, 0.05) is 63.3 Å². The Kier molecular flexibility index (Phi) is 23.3. The SMILES string of the molecule is C=CC(=O)N1CCN(c2nc(O[C@H](C)CN3CCC(OCCOCCOCCOCCOCC(=O)N[C@H](C(=O)N4CCC[C@H]4C(=O)N[C@@H](C)c4ccc(-c5scnc5C)cc4)C(C)(C)C)CC3)nc3c(F)c(-c4cc(O)cc5ccccc45)c(Cl)cc23)CC1. The van der Waals surface area contributed by atoms with E-state index in [4.69, 9.17) is 45.0 Å². The number of amides is 4. The summed E-state index contributed by atoms with van der Waals surface area (Å²) in [7, 11) is 0. The lowest BCUT2D eigenvalue weighted by Gasteiger charge is -2.35. The molecule has 3 aliphatic heterocycles. The predicted octanol–water partition coefficient (Wildman–Crippen LogP) is 8.93. The first-order valence-electron chi connectivity index (χ1n) is 30.7. The molecular formula is C66H83ClFN9O11S. The fourth-order valence-electron chi connectivity index (χ4n) is 11.6. The van der Waals surface area contributed by atoms with Crippen molar-refractivity contribution in [1.29, 1.82) is 0 Å². The van der Waals surface area contributed by atoms with Crippen molar-refractivity contribution >= 4 is 74.1 Å². The fourth-order valence-corrected chi connectivity index (χ4v) is 12.7. The van der Waals surface area contributed by atoms with Crippen LogP contribution in [0, 0.1) is 18.2 Å². The van der Waals surface area contributed by atoms with Crippen molar-refractivity contribution in [2.75, 3.05) is 117 Å². The number of hydrogen-bond acceptors (Lipinski definition) is 17. The van der Waals surface area contributed by atoms with E-state index in [0.717, 1.165) is 53.0 Å². The molecular weight excluding hydrogens is 1180 g/mol. The third-order valence-corrected chi connectivity index (χ3v) is 17.6. The number of rotatable bonds is 28. The minimum Gasteiger partial charge on any atom is -0.508 e. The molecule has 0 saturated carbocycles. The number of piperazine rings is 1. The largest absolute Gasteiger partial charge is 0.508 e. The lowest BCUT2D eigenvalue weighted by molar-refractivity contribution is -0.144. The van der Waals surface area contributed by atoms with E-state index in [-0.39, 0.29) is 83.7 Å². The second kappa shape index (κ2) is 31.2. The average Bonchev–Trinajstić information content (AvgIpc) is 1.88. The summed E-state index contributed by atoms with van der Waals surface area (Å²) >= 11 is 8.52. The smallest absolute Gasteiger partial charge is 0.319 e. The number of piperidine rings is 1. The molecule has 3 aliphatic rings. The molecule has 89 heavy (non-hydrogen) atoms. The summed E-state index contributed by atoms with van der Waals surface area (Å²) in [5.41, 5.74) is 4.77. The number of aromatic nitrogens is 3. The van der Waals surface area contributed by atoms with Crippen molar-refractivity contribution in [3.05, 3.63) is 107 Å². The Balaban J connectivity index is 0.633. The van der Waals surface area contributed by atoms with Gasteiger partial charge in [-0.25, -0.2) is 9.37 Å². The Hall–Kier alpha value is -6.89. The molecule has 23 heteroatoms. The average molecular weight is 1260 g/mol. The van der Waals surface area contributed by atoms with Gasteiger partial charge in [0.05, 0.1) is 86.1 Å². The maximum Gasteiger partial charge on any atom is 0.319 e. The zero-order valence-electron chi connectivity index (χ0n) is 51.8. The first kappa shape index (κ1) is 66.5. The summed E-state index contributed by atoms with van der Waals surface area (Å²) in [5, 5.41) is 18.6. The number of benzene rings is 4. The van der Waals surface area contributed by atoms with Crippen LogP contribution in [-0.4, -0.2) is 194 Å². The van der Waals surface area contributed by atoms with Crippen LogP contribution in [0.4, 0.5) is 10.2 Å². The number of fused-ring (bicyclic) bond motifs is 2. The van der Waals surface area contributed by atoms with Crippen molar-refractivity contribution in [2.45, 2.75) is 97.6 Å². The molecule has 3 N–H and O–H groups in total. The highest BCUT2D eigenvalue weighted by Gasteiger charge is 2.42. The second-order valence-corrected chi connectivity index (χ2v) is 25.1. The van der Waals surface area contributed by atoms with Crippen LogP contribution in [0.5, 0.6) is 11.8 Å². The summed E-state index contributed by atoms with van der Waals surface area (Å²) in [6.45, 7) is 22.0. The van der Waals surface area contributed by atoms with Crippen LogP contribution < -0.4 is 20.3 Å². The van der Waals surface area contributed by atoms with E-state index in [2.05, 4.69) is 32.1 Å². The van der Waals surface area contributed by atoms with Gasteiger partial charge in [-0.1, -0.05) is 87.5 Å². The number of aryl methyl sites for hydroxylation is 1. The summed E-state index contributed by atoms with van der Waals surface area (Å²) in [4.78, 5) is 75.8. The number of hydrogen-bond donors (Lipinski definition) is 3. The van der Waals surface area contributed by atoms with E-state index < -0.39 is 29.2 Å². The highest BCUT2D eigenvalue weighted by molar-refractivity contribution is 7.13. The number of thiazole rings is 1. The molecule has 4 atom stereocenters. The predicted molar refractivity (Wildman–Crippen MR) is 342 cm³/mol. The summed E-state index contributed by atoms with van der Waals surface area (Å²) in [6, 6.07) is 18.5. The van der Waals surface area contributed by atoms with E-state index in [1.165, 1.54) is 12.1 Å². The van der Waals surface area contributed by atoms with E-state index in [1.54, 1.807) is 33.3 Å². The van der Waals surface area contributed by atoms with Gasteiger partial charge in [0.15, 0.2) is 5.82 Å². The minimum absolute atomic E-state index is 0.0170. The van der Waals surface area contributed by atoms with Crippen LogP contribution in [-0.2, 0) is 42.9 Å². The van der Waals surface area contributed by atoms with Gasteiger partial charge in [-0.15, -0.1) is 11.3 Å². The van der Waals surface area contributed by atoms with Crippen molar-refractivity contribution < 1.29 is 57.1 Å². The zero-order valence-corrected chi connectivity index (χ0v) is 53.3. The van der Waals surface area contributed by atoms with Crippen molar-refractivity contribution in [2.24, 2.45) is 5.41 Å². The van der Waals surface area contributed by atoms with Crippen LogP contribution in [0.3, 0.4) is 0 Å². The number of nitrogens with zero attached hydrogens (tertiary/aromatic N) is 7. The quantitative estimate of drug-likeness (QED) is 0.0308. The van der Waals surface area contributed by atoms with Gasteiger partial charge in [-0.2, -0.15) is 9.97 Å². The van der Waals surface area contributed by atoms with Gasteiger partial charge < -0.3 is 58.9 Å².